The van der Waals surface area contributed by atoms with Crippen LogP contribution in [0.4, 0.5) is 4.39 Å². The second kappa shape index (κ2) is 9.25. The van der Waals surface area contributed by atoms with Gasteiger partial charge in [0.2, 0.25) is 11.7 Å². The summed E-state index contributed by atoms with van der Waals surface area (Å²) in [4.78, 5) is 18.3. The number of methoxy groups -OCH3 is 2. The average Bonchev–Trinajstić information content (AvgIpc) is 3.22. The van der Waals surface area contributed by atoms with Gasteiger partial charge in [0.15, 0.2) is 6.10 Å². The van der Waals surface area contributed by atoms with Crippen molar-refractivity contribution in [1.29, 1.82) is 0 Å². The molecule has 9 heteroatoms. The molecule has 0 spiro atoms. The summed E-state index contributed by atoms with van der Waals surface area (Å²) < 4.78 is 34.4. The molecule has 8 nitrogen and oxygen atoms in total. The molecule has 1 unspecified atom stereocenters. The van der Waals surface area contributed by atoms with Crippen LogP contribution in [0.5, 0.6) is 17.2 Å². The van der Waals surface area contributed by atoms with E-state index in [0.717, 1.165) is 0 Å². The van der Waals surface area contributed by atoms with E-state index in [9.17, 15) is 9.18 Å². The SMILES string of the molecule is COc1ccc(-c2noc(CN(C)C(=O)C(C)Oc3ccc(F)cc3)n2)c(OC)c1. The maximum absolute atomic E-state index is 13.0. The third-order valence-corrected chi connectivity index (χ3v) is 4.34. The van der Waals surface area contributed by atoms with E-state index in [1.54, 1.807) is 39.3 Å². The maximum atomic E-state index is 13.0. The molecule has 0 saturated heterocycles. The summed E-state index contributed by atoms with van der Waals surface area (Å²) in [6.45, 7) is 1.71. The molecule has 0 N–H and O–H groups in total. The fraction of sp³-hybridized carbons (Fsp3) is 0.286. The molecule has 0 bridgehead atoms. The largest absolute Gasteiger partial charge is 0.497 e. The Balaban J connectivity index is 1.66. The second-order valence-electron chi connectivity index (χ2n) is 6.49. The topological polar surface area (TPSA) is 86.9 Å². The van der Waals surface area contributed by atoms with Gasteiger partial charge in [-0.2, -0.15) is 4.98 Å². The number of carbonyl (C=O) groups excluding carboxylic acids is 1. The lowest BCUT2D eigenvalue weighted by Gasteiger charge is -2.20. The number of hydrogen-bond donors (Lipinski definition) is 0. The molecule has 3 aromatic rings. The molecule has 1 heterocycles. The molecular weight excluding hydrogens is 393 g/mol. The maximum Gasteiger partial charge on any atom is 0.263 e. The molecule has 0 fully saturated rings. The molecule has 0 aliphatic carbocycles. The van der Waals surface area contributed by atoms with Gasteiger partial charge in [0, 0.05) is 13.1 Å². The lowest BCUT2D eigenvalue weighted by atomic mass is 10.2. The van der Waals surface area contributed by atoms with Crippen molar-refractivity contribution in [3.63, 3.8) is 0 Å². The summed E-state index contributed by atoms with van der Waals surface area (Å²) in [6.07, 6.45) is -0.774. The van der Waals surface area contributed by atoms with E-state index in [0.29, 0.717) is 28.6 Å². The highest BCUT2D eigenvalue weighted by atomic mass is 19.1. The molecule has 30 heavy (non-hydrogen) atoms. The summed E-state index contributed by atoms with van der Waals surface area (Å²) in [5.41, 5.74) is 0.635. The Hall–Kier alpha value is -3.62. The highest BCUT2D eigenvalue weighted by Crippen LogP contribution is 2.31. The first-order valence-electron chi connectivity index (χ1n) is 9.13. The van der Waals surface area contributed by atoms with E-state index in [2.05, 4.69) is 10.1 Å². The Morgan fingerprint density at radius 1 is 1.13 bits per heavy atom. The number of halogens is 1. The number of rotatable bonds is 8. The predicted molar refractivity (Wildman–Crippen MR) is 106 cm³/mol. The van der Waals surface area contributed by atoms with Gasteiger partial charge in [-0.1, -0.05) is 5.16 Å². The van der Waals surface area contributed by atoms with Crippen LogP contribution in [0.15, 0.2) is 47.0 Å². The first-order chi connectivity index (χ1) is 14.4. The van der Waals surface area contributed by atoms with E-state index in [-0.39, 0.29) is 24.2 Å². The van der Waals surface area contributed by atoms with Crippen LogP contribution in [0.25, 0.3) is 11.4 Å². The summed E-state index contributed by atoms with van der Waals surface area (Å²) in [5, 5.41) is 3.97. The summed E-state index contributed by atoms with van der Waals surface area (Å²) in [7, 11) is 4.70. The van der Waals surface area contributed by atoms with Crippen molar-refractivity contribution in [2.24, 2.45) is 0 Å². The molecule has 0 aliphatic rings. The first-order valence-corrected chi connectivity index (χ1v) is 9.13. The van der Waals surface area contributed by atoms with Crippen LogP contribution in [-0.2, 0) is 11.3 Å². The molecule has 1 aromatic heterocycles. The molecule has 1 amide bonds. The average molecular weight is 415 g/mol. The Morgan fingerprint density at radius 3 is 2.50 bits per heavy atom. The number of ether oxygens (including phenoxy) is 3. The van der Waals surface area contributed by atoms with E-state index in [1.165, 1.54) is 36.3 Å². The minimum Gasteiger partial charge on any atom is -0.497 e. The molecule has 2 aromatic carbocycles. The lowest BCUT2D eigenvalue weighted by molar-refractivity contribution is -0.137. The third kappa shape index (κ3) is 4.86. The fourth-order valence-corrected chi connectivity index (χ4v) is 2.77. The number of benzene rings is 2. The normalized spacial score (nSPS) is 11.6. The van der Waals surface area contributed by atoms with Crippen LogP contribution >= 0.6 is 0 Å². The highest BCUT2D eigenvalue weighted by Gasteiger charge is 2.22. The molecular formula is C21H22FN3O5. The van der Waals surface area contributed by atoms with E-state index < -0.39 is 6.10 Å². The number of hydrogen-bond acceptors (Lipinski definition) is 7. The van der Waals surface area contributed by atoms with Crippen LogP contribution in [0.2, 0.25) is 0 Å². The van der Waals surface area contributed by atoms with Crippen LogP contribution in [0, 0.1) is 5.82 Å². The van der Waals surface area contributed by atoms with Gasteiger partial charge in [-0.25, -0.2) is 4.39 Å². The number of likely N-dealkylation sites (N-methyl/N-ethyl adjacent to an activating group) is 1. The van der Waals surface area contributed by atoms with Crippen molar-refractivity contribution in [3.05, 3.63) is 54.2 Å². The Morgan fingerprint density at radius 2 is 1.83 bits per heavy atom. The van der Waals surface area contributed by atoms with Gasteiger partial charge in [-0.05, 0) is 43.3 Å². The van der Waals surface area contributed by atoms with Gasteiger partial charge in [-0.15, -0.1) is 0 Å². The van der Waals surface area contributed by atoms with Crippen LogP contribution in [0.3, 0.4) is 0 Å². The predicted octanol–water partition coefficient (Wildman–Crippen LogP) is 3.32. The van der Waals surface area contributed by atoms with Gasteiger partial charge in [0.1, 0.15) is 23.1 Å². The van der Waals surface area contributed by atoms with Crippen LogP contribution in [0.1, 0.15) is 12.8 Å². The molecule has 0 aliphatic heterocycles. The van der Waals surface area contributed by atoms with Gasteiger partial charge in [0.25, 0.3) is 5.91 Å². The Kier molecular flexibility index (Phi) is 6.51. The monoisotopic (exact) mass is 415 g/mol. The van der Waals surface area contributed by atoms with Crippen molar-refractivity contribution in [3.8, 4) is 28.6 Å². The van der Waals surface area contributed by atoms with E-state index in [4.69, 9.17) is 18.7 Å². The zero-order valence-electron chi connectivity index (χ0n) is 17.1. The number of amides is 1. The fourth-order valence-electron chi connectivity index (χ4n) is 2.77. The van der Waals surface area contributed by atoms with Gasteiger partial charge < -0.3 is 23.6 Å². The van der Waals surface area contributed by atoms with Gasteiger partial charge in [-0.3, -0.25) is 4.79 Å². The van der Waals surface area contributed by atoms with Crippen molar-refractivity contribution in [1.82, 2.24) is 15.0 Å². The number of aromatic nitrogens is 2. The smallest absolute Gasteiger partial charge is 0.263 e. The standard InChI is InChI=1S/C21H22FN3O5/c1-13(29-15-7-5-14(22)6-8-15)21(26)25(2)12-19-23-20(24-30-19)17-10-9-16(27-3)11-18(17)28-4/h5-11,13H,12H2,1-4H3. The minimum absolute atomic E-state index is 0.0986. The minimum atomic E-state index is -0.774. The summed E-state index contributed by atoms with van der Waals surface area (Å²) >= 11 is 0. The molecule has 0 radical (unpaired) electrons. The Bertz CT molecular complexity index is 1010. The molecule has 3 rings (SSSR count). The number of carbonyl (C=O) groups is 1. The van der Waals surface area contributed by atoms with E-state index in [1.807, 2.05) is 0 Å². The van der Waals surface area contributed by atoms with E-state index >= 15 is 0 Å². The summed E-state index contributed by atoms with van der Waals surface area (Å²) in [6, 6.07) is 10.7. The lowest BCUT2D eigenvalue weighted by Crippen LogP contribution is -2.37. The summed E-state index contributed by atoms with van der Waals surface area (Å²) in [5.74, 6) is 1.50. The quantitative estimate of drug-likeness (QED) is 0.558. The highest BCUT2D eigenvalue weighted by molar-refractivity contribution is 5.80. The van der Waals surface area contributed by atoms with Gasteiger partial charge in [0.05, 0.1) is 26.3 Å². The van der Waals surface area contributed by atoms with Crippen LogP contribution in [-0.4, -0.2) is 48.3 Å². The van der Waals surface area contributed by atoms with Crippen molar-refractivity contribution >= 4 is 5.91 Å². The number of nitrogens with zero attached hydrogens (tertiary/aromatic N) is 3. The van der Waals surface area contributed by atoms with Crippen molar-refractivity contribution in [2.45, 2.75) is 19.6 Å². The Labute approximate surface area is 173 Å². The molecule has 0 saturated carbocycles. The zero-order chi connectivity index (χ0) is 21.7. The van der Waals surface area contributed by atoms with Crippen molar-refractivity contribution in [2.75, 3.05) is 21.3 Å². The first kappa shape index (κ1) is 21.1. The van der Waals surface area contributed by atoms with Gasteiger partial charge >= 0.3 is 0 Å². The molecule has 158 valence electrons. The van der Waals surface area contributed by atoms with Crippen molar-refractivity contribution < 1.29 is 27.9 Å². The van der Waals surface area contributed by atoms with Crippen LogP contribution < -0.4 is 14.2 Å². The zero-order valence-corrected chi connectivity index (χ0v) is 17.1. The second-order valence-corrected chi connectivity index (χ2v) is 6.49. The molecule has 1 atom stereocenters. The third-order valence-electron chi connectivity index (χ3n) is 4.34.